The second-order valence-corrected chi connectivity index (χ2v) is 4.50. The molecule has 82 valence electrons. The van der Waals surface area contributed by atoms with E-state index in [-0.39, 0.29) is 0 Å². The van der Waals surface area contributed by atoms with Crippen molar-refractivity contribution in [3.8, 4) is 0 Å². The lowest BCUT2D eigenvalue weighted by Crippen LogP contribution is -2.40. The zero-order valence-corrected chi connectivity index (χ0v) is 9.69. The number of hydrogen-bond acceptors (Lipinski definition) is 3. The highest BCUT2D eigenvalue weighted by atomic mass is 35.5. The molecule has 0 aliphatic carbocycles. The minimum absolute atomic E-state index is 0.645. The van der Waals surface area contributed by atoms with Crippen molar-refractivity contribution in [1.29, 1.82) is 0 Å². The molecular formula is C11H16ClN3. The predicted octanol–water partition coefficient (Wildman–Crippen LogP) is 2.18. The van der Waals surface area contributed by atoms with Gasteiger partial charge in [0.2, 0.25) is 0 Å². The Morgan fingerprint density at radius 2 is 2.47 bits per heavy atom. The van der Waals surface area contributed by atoms with Crippen LogP contribution in [-0.4, -0.2) is 28.9 Å². The molecule has 2 unspecified atom stereocenters. The standard InChI is InChI=1S/C11H16ClN3/c1-9-7-15(5-3-10(9)6-12)11-2-4-13-8-14-11/h2,4,8-10H,3,5-7H2,1H3. The molecule has 1 saturated heterocycles. The Morgan fingerprint density at radius 1 is 1.60 bits per heavy atom. The molecule has 0 saturated carbocycles. The summed E-state index contributed by atoms with van der Waals surface area (Å²) in [7, 11) is 0. The van der Waals surface area contributed by atoms with E-state index in [1.54, 1.807) is 12.5 Å². The van der Waals surface area contributed by atoms with E-state index in [4.69, 9.17) is 11.6 Å². The van der Waals surface area contributed by atoms with Crippen molar-refractivity contribution in [3.05, 3.63) is 18.6 Å². The molecule has 15 heavy (non-hydrogen) atoms. The van der Waals surface area contributed by atoms with Crippen LogP contribution in [0.3, 0.4) is 0 Å². The van der Waals surface area contributed by atoms with Crippen LogP contribution in [0.1, 0.15) is 13.3 Å². The van der Waals surface area contributed by atoms with E-state index in [0.717, 1.165) is 31.2 Å². The predicted molar refractivity (Wildman–Crippen MR) is 62.2 cm³/mol. The molecule has 0 aromatic carbocycles. The first-order valence-electron chi connectivity index (χ1n) is 5.38. The summed E-state index contributed by atoms with van der Waals surface area (Å²) in [5, 5.41) is 0. The number of nitrogens with zero attached hydrogens (tertiary/aromatic N) is 3. The van der Waals surface area contributed by atoms with Gasteiger partial charge in [-0.3, -0.25) is 0 Å². The number of piperidine rings is 1. The molecular weight excluding hydrogens is 210 g/mol. The minimum Gasteiger partial charge on any atom is -0.356 e. The van der Waals surface area contributed by atoms with Crippen molar-refractivity contribution in [3.63, 3.8) is 0 Å². The van der Waals surface area contributed by atoms with Crippen LogP contribution in [0.5, 0.6) is 0 Å². The van der Waals surface area contributed by atoms with Gasteiger partial charge in [0.25, 0.3) is 0 Å². The maximum absolute atomic E-state index is 5.92. The zero-order chi connectivity index (χ0) is 10.7. The van der Waals surface area contributed by atoms with Crippen molar-refractivity contribution >= 4 is 17.4 Å². The first kappa shape index (κ1) is 10.7. The van der Waals surface area contributed by atoms with Crippen molar-refractivity contribution < 1.29 is 0 Å². The molecule has 0 bridgehead atoms. The smallest absolute Gasteiger partial charge is 0.131 e. The maximum atomic E-state index is 5.92. The van der Waals surface area contributed by atoms with E-state index in [1.807, 2.05) is 6.07 Å². The Labute approximate surface area is 95.5 Å². The van der Waals surface area contributed by atoms with Gasteiger partial charge in [-0.25, -0.2) is 9.97 Å². The quantitative estimate of drug-likeness (QED) is 0.723. The molecule has 4 heteroatoms. The summed E-state index contributed by atoms with van der Waals surface area (Å²) >= 11 is 5.92. The largest absolute Gasteiger partial charge is 0.356 e. The molecule has 0 N–H and O–H groups in total. The first-order chi connectivity index (χ1) is 7.31. The number of alkyl halides is 1. The van der Waals surface area contributed by atoms with Crippen LogP contribution < -0.4 is 4.90 Å². The van der Waals surface area contributed by atoms with E-state index < -0.39 is 0 Å². The topological polar surface area (TPSA) is 29.0 Å². The minimum atomic E-state index is 0.645. The van der Waals surface area contributed by atoms with E-state index in [9.17, 15) is 0 Å². The van der Waals surface area contributed by atoms with Gasteiger partial charge in [-0.1, -0.05) is 6.92 Å². The number of anilines is 1. The van der Waals surface area contributed by atoms with Crippen molar-refractivity contribution in [1.82, 2.24) is 9.97 Å². The lowest BCUT2D eigenvalue weighted by atomic mass is 9.88. The first-order valence-corrected chi connectivity index (χ1v) is 5.91. The molecule has 1 aromatic heterocycles. The van der Waals surface area contributed by atoms with Gasteiger partial charge in [0, 0.05) is 25.2 Å². The van der Waals surface area contributed by atoms with Gasteiger partial charge in [-0.2, -0.15) is 0 Å². The molecule has 2 heterocycles. The molecule has 2 rings (SSSR count). The van der Waals surface area contributed by atoms with Crippen molar-refractivity contribution in [2.45, 2.75) is 13.3 Å². The van der Waals surface area contributed by atoms with E-state index >= 15 is 0 Å². The lowest BCUT2D eigenvalue weighted by molar-refractivity contribution is 0.326. The molecule has 1 aliphatic rings. The fourth-order valence-corrected chi connectivity index (χ4v) is 2.56. The fraction of sp³-hybridized carbons (Fsp3) is 0.636. The average Bonchev–Trinajstić information content (AvgIpc) is 2.30. The molecule has 1 aromatic rings. The Bertz CT molecular complexity index is 304. The summed E-state index contributed by atoms with van der Waals surface area (Å²) in [5.41, 5.74) is 0. The Hall–Kier alpha value is -0.830. The number of hydrogen-bond donors (Lipinski definition) is 0. The second-order valence-electron chi connectivity index (χ2n) is 4.19. The number of aromatic nitrogens is 2. The van der Waals surface area contributed by atoms with E-state index in [2.05, 4.69) is 21.8 Å². The Balaban J connectivity index is 2.03. The maximum Gasteiger partial charge on any atom is 0.131 e. The van der Waals surface area contributed by atoms with Crippen LogP contribution in [0.4, 0.5) is 5.82 Å². The van der Waals surface area contributed by atoms with Crippen LogP contribution >= 0.6 is 11.6 Å². The van der Waals surface area contributed by atoms with Crippen molar-refractivity contribution in [2.75, 3.05) is 23.9 Å². The highest BCUT2D eigenvalue weighted by Crippen LogP contribution is 2.26. The van der Waals surface area contributed by atoms with Gasteiger partial charge < -0.3 is 4.90 Å². The third-order valence-corrected chi connectivity index (χ3v) is 3.57. The molecule has 2 atom stereocenters. The summed E-state index contributed by atoms with van der Waals surface area (Å²) < 4.78 is 0. The monoisotopic (exact) mass is 225 g/mol. The summed E-state index contributed by atoms with van der Waals surface area (Å²) in [6.07, 6.45) is 4.56. The Morgan fingerprint density at radius 3 is 3.07 bits per heavy atom. The van der Waals surface area contributed by atoms with Gasteiger partial charge in [-0.15, -0.1) is 11.6 Å². The summed E-state index contributed by atoms with van der Waals surface area (Å²) in [6.45, 7) is 4.37. The SMILES string of the molecule is CC1CN(c2ccncn2)CCC1CCl. The number of rotatable bonds is 2. The van der Waals surface area contributed by atoms with E-state index in [0.29, 0.717) is 11.8 Å². The molecule has 1 fully saturated rings. The van der Waals surface area contributed by atoms with Gasteiger partial charge in [0.15, 0.2) is 0 Å². The average molecular weight is 226 g/mol. The van der Waals surface area contributed by atoms with Gasteiger partial charge in [-0.05, 0) is 24.3 Å². The normalized spacial score (nSPS) is 26.7. The molecule has 0 spiro atoms. The Kier molecular flexibility index (Phi) is 3.41. The van der Waals surface area contributed by atoms with Gasteiger partial charge in [0.1, 0.15) is 12.1 Å². The highest BCUT2D eigenvalue weighted by molar-refractivity contribution is 6.18. The van der Waals surface area contributed by atoms with Crippen LogP contribution in [-0.2, 0) is 0 Å². The van der Waals surface area contributed by atoms with Crippen LogP contribution in [0.25, 0.3) is 0 Å². The number of halogens is 1. The summed E-state index contributed by atoms with van der Waals surface area (Å²) in [5.74, 6) is 3.11. The highest BCUT2D eigenvalue weighted by Gasteiger charge is 2.25. The van der Waals surface area contributed by atoms with Crippen LogP contribution in [0, 0.1) is 11.8 Å². The molecule has 0 amide bonds. The van der Waals surface area contributed by atoms with Gasteiger partial charge >= 0.3 is 0 Å². The summed E-state index contributed by atoms with van der Waals surface area (Å²) in [6, 6.07) is 1.97. The zero-order valence-electron chi connectivity index (χ0n) is 8.93. The fourth-order valence-electron chi connectivity index (χ4n) is 2.10. The van der Waals surface area contributed by atoms with Gasteiger partial charge in [0.05, 0.1) is 0 Å². The molecule has 1 aliphatic heterocycles. The lowest BCUT2D eigenvalue weighted by Gasteiger charge is -2.36. The molecule has 0 radical (unpaired) electrons. The third-order valence-electron chi connectivity index (χ3n) is 3.17. The van der Waals surface area contributed by atoms with Crippen LogP contribution in [0.15, 0.2) is 18.6 Å². The van der Waals surface area contributed by atoms with Crippen molar-refractivity contribution in [2.24, 2.45) is 11.8 Å². The second kappa shape index (κ2) is 4.79. The third kappa shape index (κ3) is 2.40. The molecule has 3 nitrogen and oxygen atoms in total. The van der Waals surface area contributed by atoms with Crippen LogP contribution in [0.2, 0.25) is 0 Å². The van der Waals surface area contributed by atoms with E-state index in [1.165, 1.54) is 0 Å². The summed E-state index contributed by atoms with van der Waals surface area (Å²) in [4.78, 5) is 10.5.